The molecule has 2 N–H and O–H groups in total. The third kappa shape index (κ3) is 5.14. The molecule has 2 unspecified atom stereocenters. The first-order chi connectivity index (χ1) is 11.6. The summed E-state index contributed by atoms with van der Waals surface area (Å²) in [5.74, 6) is -0.663. The van der Waals surface area contributed by atoms with Crippen LogP contribution in [0, 0.1) is 5.82 Å². The van der Waals surface area contributed by atoms with Crippen LogP contribution in [-0.2, 0) is 27.2 Å². The summed E-state index contributed by atoms with van der Waals surface area (Å²) in [6.45, 7) is 4.25. The van der Waals surface area contributed by atoms with Gasteiger partial charge in [-0.3, -0.25) is 4.79 Å². The summed E-state index contributed by atoms with van der Waals surface area (Å²) >= 11 is 0. The molecule has 2 aliphatic rings. The van der Waals surface area contributed by atoms with Gasteiger partial charge in [0.25, 0.3) is 5.91 Å². The molecule has 0 radical (unpaired) electrons. The number of benzene rings is 1. The van der Waals surface area contributed by atoms with Crippen molar-refractivity contribution >= 4 is 24.0 Å². The highest BCUT2D eigenvalue weighted by molar-refractivity contribution is 5.94. The van der Waals surface area contributed by atoms with E-state index in [1.54, 1.807) is 13.0 Å². The Balaban J connectivity index is 0.00000225. The van der Waals surface area contributed by atoms with Gasteiger partial charge in [-0.25, -0.2) is 4.39 Å². The van der Waals surface area contributed by atoms with Crippen molar-refractivity contribution in [1.29, 1.82) is 0 Å². The van der Waals surface area contributed by atoms with Gasteiger partial charge in [0, 0.05) is 13.2 Å². The van der Waals surface area contributed by atoms with Gasteiger partial charge in [0.15, 0.2) is 0 Å². The number of fused-ring (bicyclic) bond motifs is 1. The second kappa shape index (κ2) is 9.48. The van der Waals surface area contributed by atoms with E-state index in [1.165, 1.54) is 0 Å². The second-order valence-electron chi connectivity index (χ2n) is 6.44. The number of halogens is 2. The van der Waals surface area contributed by atoms with Crippen LogP contribution in [0.5, 0.6) is 0 Å². The number of carbonyl (C=O) groups excluding carboxylic acids is 1. The minimum absolute atomic E-state index is 0. The van der Waals surface area contributed by atoms with E-state index in [-0.39, 0.29) is 35.9 Å². The quantitative estimate of drug-likeness (QED) is 0.834. The number of nitrogens with one attached hydrogen (secondary N) is 2. The molecule has 140 valence electrons. The molecular formula is C18H26ClFN2O3. The molecule has 7 heteroatoms. The lowest BCUT2D eigenvalue weighted by atomic mass is 9.99. The van der Waals surface area contributed by atoms with E-state index >= 15 is 0 Å². The summed E-state index contributed by atoms with van der Waals surface area (Å²) in [4.78, 5) is 12.2. The molecule has 25 heavy (non-hydrogen) atoms. The smallest absolute Gasteiger partial charge is 0.253 e. The molecule has 5 nitrogen and oxygen atoms in total. The largest absolute Gasteiger partial charge is 0.376 e. The summed E-state index contributed by atoms with van der Waals surface area (Å²) in [5, 5.41) is 5.86. The van der Waals surface area contributed by atoms with Crippen LogP contribution in [0.2, 0.25) is 0 Å². The van der Waals surface area contributed by atoms with Crippen molar-refractivity contribution in [3.05, 3.63) is 29.1 Å². The van der Waals surface area contributed by atoms with Gasteiger partial charge in [0.2, 0.25) is 0 Å². The molecule has 2 atom stereocenters. The number of ether oxygens (including phenoxy) is 2. The predicted octanol–water partition coefficient (Wildman–Crippen LogP) is 2.81. The van der Waals surface area contributed by atoms with Crippen molar-refractivity contribution in [1.82, 2.24) is 5.32 Å². The Kier molecular flexibility index (Phi) is 7.62. The minimum atomic E-state index is -0.646. The van der Waals surface area contributed by atoms with E-state index < -0.39 is 6.10 Å². The Bertz CT molecular complexity index is 594. The molecule has 0 bridgehead atoms. The fourth-order valence-corrected chi connectivity index (χ4v) is 3.13. The Morgan fingerprint density at radius 1 is 1.48 bits per heavy atom. The average molecular weight is 373 g/mol. The van der Waals surface area contributed by atoms with Crippen molar-refractivity contribution in [2.24, 2.45) is 0 Å². The maximum Gasteiger partial charge on any atom is 0.253 e. The normalized spacial score (nSPS) is 21.0. The molecule has 1 saturated heterocycles. The molecule has 3 rings (SSSR count). The van der Waals surface area contributed by atoms with E-state index in [2.05, 4.69) is 10.6 Å². The van der Waals surface area contributed by atoms with Crippen molar-refractivity contribution < 1.29 is 18.7 Å². The number of carbonyl (C=O) groups is 1. The van der Waals surface area contributed by atoms with Crippen LogP contribution < -0.4 is 10.6 Å². The van der Waals surface area contributed by atoms with Gasteiger partial charge in [-0.2, -0.15) is 0 Å². The fraction of sp³-hybridized carbons (Fsp3) is 0.611. The Morgan fingerprint density at radius 2 is 2.32 bits per heavy atom. The van der Waals surface area contributed by atoms with Crippen LogP contribution in [0.15, 0.2) is 12.1 Å². The molecule has 1 amide bonds. The van der Waals surface area contributed by atoms with Crippen molar-refractivity contribution in [3.8, 4) is 0 Å². The highest BCUT2D eigenvalue weighted by Crippen LogP contribution is 2.24. The maximum atomic E-state index is 14.6. The highest BCUT2D eigenvalue weighted by atomic mass is 35.5. The van der Waals surface area contributed by atoms with Gasteiger partial charge < -0.3 is 20.1 Å². The standard InChI is InChI=1S/C18H25FN2O3.ClH/c1-12(24-11-14-4-2-3-9-23-14)18(22)21-16-6-5-13-10-20-8-7-15(13)17(16)19;/h5-6,12,14,20H,2-4,7-11H2,1H3,(H,21,22);1H. The lowest BCUT2D eigenvalue weighted by Gasteiger charge is -2.24. The molecule has 2 aliphatic heterocycles. The van der Waals surface area contributed by atoms with Crippen molar-refractivity contribution in [2.75, 3.05) is 25.1 Å². The van der Waals surface area contributed by atoms with Gasteiger partial charge in [0.05, 0.1) is 18.4 Å². The Hall–Kier alpha value is -1.21. The maximum absolute atomic E-state index is 14.6. The number of hydrogen-bond donors (Lipinski definition) is 2. The summed E-state index contributed by atoms with van der Waals surface area (Å²) in [6.07, 6.45) is 3.22. The zero-order valence-corrected chi connectivity index (χ0v) is 15.3. The van der Waals surface area contributed by atoms with E-state index in [0.717, 1.165) is 38.0 Å². The van der Waals surface area contributed by atoms with Crippen LogP contribution in [0.1, 0.15) is 37.3 Å². The summed E-state index contributed by atoms with van der Waals surface area (Å²) in [5.41, 5.74) is 1.87. The van der Waals surface area contributed by atoms with E-state index in [9.17, 15) is 9.18 Å². The molecule has 1 aromatic carbocycles. The van der Waals surface area contributed by atoms with Gasteiger partial charge in [-0.1, -0.05) is 6.07 Å². The first kappa shape index (κ1) is 20.1. The van der Waals surface area contributed by atoms with E-state index in [4.69, 9.17) is 9.47 Å². The zero-order valence-electron chi connectivity index (χ0n) is 14.5. The van der Waals surface area contributed by atoms with Gasteiger partial charge in [-0.05, 0) is 56.3 Å². The van der Waals surface area contributed by atoms with Crippen LogP contribution in [0.4, 0.5) is 10.1 Å². The topological polar surface area (TPSA) is 59.6 Å². The third-order valence-electron chi connectivity index (χ3n) is 4.64. The van der Waals surface area contributed by atoms with Crippen LogP contribution in [-0.4, -0.2) is 37.9 Å². The van der Waals surface area contributed by atoms with Gasteiger partial charge >= 0.3 is 0 Å². The lowest BCUT2D eigenvalue weighted by Crippen LogP contribution is -2.33. The zero-order chi connectivity index (χ0) is 16.9. The van der Waals surface area contributed by atoms with Gasteiger partial charge in [-0.15, -0.1) is 12.4 Å². The first-order valence-corrected chi connectivity index (χ1v) is 8.70. The fourth-order valence-electron chi connectivity index (χ4n) is 3.13. The van der Waals surface area contributed by atoms with Crippen LogP contribution >= 0.6 is 12.4 Å². The summed E-state index contributed by atoms with van der Waals surface area (Å²) in [6, 6.07) is 3.48. The first-order valence-electron chi connectivity index (χ1n) is 8.70. The number of hydrogen-bond acceptors (Lipinski definition) is 4. The molecule has 1 fully saturated rings. The predicted molar refractivity (Wildman–Crippen MR) is 96.7 cm³/mol. The average Bonchev–Trinajstić information content (AvgIpc) is 2.63. The monoisotopic (exact) mass is 372 g/mol. The highest BCUT2D eigenvalue weighted by Gasteiger charge is 2.21. The molecule has 2 heterocycles. The van der Waals surface area contributed by atoms with E-state index in [1.807, 2.05) is 6.07 Å². The van der Waals surface area contributed by atoms with Crippen LogP contribution in [0.3, 0.4) is 0 Å². The lowest BCUT2D eigenvalue weighted by molar-refractivity contribution is -0.130. The SMILES string of the molecule is CC(OCC1CCCCO1)C(=O)Nc1ccc2c(c1F)CCNC2.Cl. The summed E-state index contributed by atoms with van der Waals surface area (Å²) < 4.78 is 25.7. The molecular weight excluding hydrogens is 347 g/mol. The minimum Gasteiger partial charge on any atom is -0.376 e. The number of anilines is 1. The molecule has 0 saturated carbocycles. The van der Waals surface area contributed by atoms with E-state index in [0.29, 0.717) is 25.1 Å². The number of amides is 1. The van der Waals surface area contributed by atoms with Crippen molar-refractivity contribution in [3.63, 3.8) is 0 Å². The Labute approximate surface area is 154 Å². The second-order valence-corrected chi connectivity index (χ2v) is 6.44. The van der Waals surface area contributed by atoms with Gasteiger partial charge in [0.1, 0.15) is 11.9 Å². The molecule has 0 aromatic heterocycles. The third-order valence-corrected chi connectivity index (χ3v) is 4.64. The Morgan fingerprint density at radius 3 is 3.08 bits per heavy atom. The summed E-state index contributed by atoms with van der Waals surface area (Å²) in [7, 11) is 0. The number of rotatable bonds is 5. The molecule has 0 spiro atoms. The molecule has 0 aliphatic carbocycles. The van der Waals surface area contributed by atoms with Crippen LogP contribution in [0.25, 0.3) is 0 Å². The molecule has 1 aromatic rings. The van der Waals surface area contributed by atoms with Crippen molar-refractivity contribution in [2.45, 2.75) is 51.4 Å².